The van der Waals surface area contributed by atoms with Crippen LogP contribution in [0.3, 0.4) is 0 Å². The van der Waals surface area contributed by atoms with E-state index in [2.05, 4.69) is 0 Å². The van der Waals surface area contributed by atoms with Crippen molar-refractivity contribution in [2.24, 2.45) is 28.6 Å². The summed E-state index contributed by atoms with van der Waals surface area (Å²) in [6.45, 7) is 5.10. The number of ketones is 2. The van der Waals surface area contributed by atoms with E-state index in [1.54, 1.807) is 20.8 Å². The molecule has 0 radical (unpaired) electrons. The van der Waals surface area contributed by atoms with Gasteiger partial charge >= 0.3 is 0 Å². The maximum absolute atomic E-state index is 15.5. The van der Waals surface area contributed by atoms with Crippen molar-refractivity contribution in [1.82, 2.24) is 0 Å². The molecule has 4 rings (SSSR count). The highest BCUT2D eigenvalue weighted by Crippen LogP contribution is 2.73. The number of Topliss-reactive ketones (excluding diaryl/α,β-unsaturated/α-hetero) is 1. The second-order valence-electron chi connectivity index (χ2n) is 9.97. The Hall–Kier alpha value is -0.200. The van der Waals surface area contributed by atoms with Gasteiger partial charge in [0.2, 0.25) is 5.78 Å². The van der Waals surface area contributed by atoms with Crippen LogP contribution in [-0.4, -0.2) is 43.5 Å². The van der Waals surface area contributed by atoms with Crippen molar-refractivity contribution in [3.05, 3.63) is 23.6 Å². The minimum atomic E-state index is -1.86. The van der Waals surface area contributed by atoms with Gasteiger partial charge in [-0.1, -0.05) is 50.0 Å². The lowest BCUT2D eigenvalue weighted by molar-refractivity contribution is -0.163. The molecule has 1 N–H and O–H groups in total. The van der Waals surface area contributed by atoms with Gasteiger partial charge < -0.3 is 5.11 Å². The third-order valence-corrected chi connectivity index (χ3v) is 10.8. The first-order chi connectivity index (χ1) is 14.2. The van der Waals surface area contributed by atoms with Crippen molar-refractivity contribution in [3.8, 4) is 0 Å². The molecule has 4 aliphatic rings. The number of rotatable bonds is 2. The molecule has 0 aliphatic heterocycles. The van der Waals surface area contributed by atoms with Gasteiger partial charge in [-0.3, -0.25) is 9.59 Å². The Morgan fingerprint density at radius 3 is 2.45 bits per heavy atom. The van der Waals surface area contributed by atoms with Gasteiger partial charge in [-0.15, -0.1) is 23.2 Å². The van der Waals surface area contributed by atoms with E-state index >= 15 is 4.39 Å². The standard InChI is InChI=1S/C22H24Cl4F2O3/c1-9-6-10-11-7-12(27)15-16(28)13(29)4-5-19(15,2)21(11,26)14(23)8-20(10,3)22(9,31)17(30)18(24)25/h4-5,9-12,14,18,31H,6-8H2,1-3H3/t9?,10-,11-,12?,14?,19-,20-,21-,22-/m0/s1. The Balaban J connectivity index is 1.89. The predicted octanol–water partition coefficient (Wildman–Crippen LogP) is 5.47. The van der Waals surface area contributed by atoms with Gasteiger partial charge in [-0.05, 0) is 43.1 Å². The average Bonchev–Trinajstić information content (AvgIpc) is 2.88. The molecule has 9 atom stereocenters. The second-order valence-corrected chi connectivity index (χ2v) is 12.2. The second kappa shape index (κ2) is 7.15. The van der Waals surface area contributed by atoms with Crippen LogP contribution >= 0.6 is 46.4 Å². The van der Waals surface area contributed by atoms with Gasteiger partial charge in [0.25, 0.3) is 0 Å². The summed E-state index contributed by atoms with van der Waals surface area (Å²) in [6.07, 6.45) is 1.15. The predicted molar refractivity (Wildman–Crippen MR) is 117 cm³/mol. The third-order valence-electron chi connectivity index (χ3n) is 8.82. The summed E-state index contributed by atoms with van der Waals surface area (Å²) in [4.78, 5) is 22.1. The summed E-state index contributed by atoms with van der Waals surface area (Å²) < 4.78 is 30.3. The minimum Gasteiger partial charge on any atom is -0.381 e. The molecule has 0 bridgehead atoms. The van der Waals surface area contributed by atoms with E-state index in [0.717, 1.165) is 6.08 Å². The maximum Gasteiger partial charge on any atom is 0.213 e. The first kappa shape index (κ1) is 23.9. The Bertz CT molecular complexity index is 922. The number of carbonyl (C=O) groups excluding carboxylic acids is 2. The van der Waals surface area contributed by atoms with E-state index in [0.29, 0.717) is 6.42 Å². The first-order valence-corrected chi connectivity index (χ1v) is 12.0. The van der Waals surface area contributed by atoms with Crippen LogP contribution in [0, 0.1) is 28.6 Å². The normalized spacial score (nSPS) is 51.6. The van der Waals surface area contributed by atoms with E-state index in [1.807, 2.05) is 0 Å². The zero-order chi connectivity index (χ0) is 23.3. The van der Waals surface area contributed by atoms with Gasteiger partial charge in [0.15, 0.2) is 16.4 Å². The van der Waals surface area contributed by atoms with Crippen molar-refractivity contribution in [2.45, 2.75) is 66.9 Å². The molecule has 0 spiro atoms. The quantitative estimate of drug-likeness (QED) is 0.496. The highest BCUT2D eigenvalue weighted by molar-refractivity contribution is 6.54. The molecule has 31 heavy (non-hydrogen) atoms. The van der Waals surface area contributed by atoms with Crippen molar-refractivity contribution < 1.29 is 23.5 Å². The lowest BCUT2D eigenvalue weighted by Gasteiger charge is -2.64. The van der Waals surface area contributed by atoms with Gasteiger partial charge in [-0.2, -0.15) is 0 Å². The van der Waals surface area contributed by atoms with Crippen LogP contribution in [0.25, 0.3) is 0 Å². The summed E-state index contributed by atoms with van der Waals surface area (Å²) in [7, 11) is 0. The Labute approximate surface area is 200 Å². The van der Waals surface area contributed by atoms with Gasteiger partial charge in [-0.25, -0.2) is 8.78 Å². The van der Waals surface area contributed by atoms with E-state index in [-0.39, 0.29) is 24.3 Å². The molecule has 0 aromatic heterocycles. The summed E-state index contributed by atoms with van der Waals surface area (Å²) in [5.74, 6) is -4.19. The molecule has 0 saturated heterocycles. The zero-order valence-electron chi connectivity index (χ0n) is 17.3. The van der Waals surface area contributed by atoms with Crippen molar-refractivity contribution in [3.63, 3.8) is 0 Å². The number of aliphatic hydroxyl groups is 1. The number of alkyl halides is 5. The Morgan fingerprint density at radius 1 is 1.26 bits per heavy atom. The SMILES string of the molecule is CC1C[C@H]2[C@@H]3CC(F)C4=C(F)C(=O)C=C[C@]4(C)[C@@]3(Cl)C(Cl)C[C@]2(C)[C@@]1(O)C(=O)C(Cl)Cl. The number of halogens is 6. The fourth-order valence-electron chi connectivity index (χ4n) is 7.26. The fourth-order valence-corrected chi connectivity index (χ4v) is 8.78. The number of fused-ring (bicyclic) bond motifs is 5. The molecule has 172 valence electrons. The van der Waals surface area contributed by atoms with Crippen molar-refractivity contribution >= 4 is 58.0 Å². The first-order valence-electron chi connectivity index (χ1n) is 10.3. The monoisotopic (exact) mass is 514 g/mol. The summed E-state index contributed by atoms with van der Waals surface area (Å²) in [5.41, 5.74) is -4.51. The van der Waals surface area contributed by atoms with Crippen LogP contribution in [0.5, 0.6) is 0 Å². The van der Waals surface area contributed by atoms with E-state index in [4.69, 9.17) is 46.4 Å². The fraction of sp³-hybridized carbons (Fsp3) is 0.727. The van der Waals surface area contributed by atoms with Crippen molar-refractivity contribution in [1.29, 1.82) is 0 Å². The molecule has 9 heteroatoms. The molecule has 0 aromatic rings. The Kier molecular flexibility index (Phi) is 5.52. The van der Waals surface area contributed by atoms with Crippen molar-refractivity contribution in [2.75, 3.05) is 0 Å². The topological polar surface area (TPSA) is 54.4 Å². The number of hydrogen-bond donors (Lipinski definition) is 1. The molecule has 3 saturated carbocycles. The molecule has 4 aliphatic carbocycles. The smallest absolute Gasteiger partial charge is 0.213 e. The lowest BCUT2D eigenvalue weighted by Crippen LogP contribution is -2.69. The molecule has 0 amide bonds. The molecule has 0 heterocycles. The van der Waals surface area contributed by atoms with Crippen LogP contribution in [0.2, 0.25) is 0 Å². The van der Waals surface area contributed by atoms with Gasteiger partial charge in [0, 0.05) is 16.4 Å². The van der Waals surface area contributed by atoms with Crippen LogP contribution < -0.4 is 0 Å². The van der Waals surface area contributed by atoms with Crippen LogP contribution in [0.1, 0.15) is 40.0 Å². The summed E-state index contributed by atoms with van der Waals surface area (Å²) >= 11 is 25.9. The Morgan fingerprint density at radius 2 is 1.87 bits per heavy atom. The lowest BCUT2D eigenvalue weighted by atomic mass is 9.46. The largest absolute Gasteiger partial charge is 0.381 e. The third kappa shape index (κ3) is 2.67. The molecular formula is C22H24Cl4F2O3. The van der Waals surface area contributed by atoms with E-state index < -0.39 is 66.9 Å². The molecule has 3 nitrogen and oxygen atoms in total. The molecule has 3 unspecified atom stereocenters. The van der Waals surface area contributed by atoms with E-state index in [1.165, 1.54) is 6.08 Å². The number of allylic oxidation sites excluding steroid dienone is 4. The van der Waals surface area contributed by atoms with E-state index in [9.17, 15) is 19.1 Å². The van der Waals surface area contributed by atoms with Crippen LogP contribution in [0.15, 0.2) is 23.6 Å². The highest BCUT2D eigenvalue weighted by atomic mass is 35.5. The van der Waals surface area contributed by atoms with Crippen LogP contribution in [-0.2, 0) is 9.59 Å². The minimum absolute atomic E-state index is 0.121. The van der Waals surface area contributed by atoms with Gasteiger partial charge in [0.1, 0.15) is 11.8 Å². The van der Waals surface area contributed by atoms with Crippen LogP contribution in [0.4, 0.5) is 8.78 Å². The summed E-state index contributed by atoms with van der Waals surface area (Å²) in [5, 5.41) is 10.8. The highest BCUT2D eigenvalue weighted by Gasteiger charge is 2.76. The average molecular weight is 516 g/mol. The number of carbonyl (C=O) groups is 2. The zero-order valence-corrected chi connectivity index (χ0v) is 20.3. The molecular weight excluding hydrogens is 492 g/mol. The molecule has 0 aromatic carbocycles. The van der Waals surface area contributed by atoms with Gasteiger partial charge in [0.05, 0.1) is 10.3 Å². The summed E-state index contributed by atoms with van der Waals surface area (Å²) in [6, 6.07) is 0. The number of hydrogen-bond acceptors (Lipinski definition) is 3. The maximum atomic E-state index is 15.5. The molecule has 3 fully saturated rings.